The monoisotopic (exact) mass is 256 g/mol. The first-order chi connectivity index (χ1) is 9.33. The molecule has 1 aromatic heterocycles. The van der Waals surface area contributed by atoms with Crippen molar-refractivity contribution in [2.24, 2.45) is 0 Å². The normalized spacial score (nSPS) is 10.2. The molecule has 1 heterocycles. The lowest BCUT2D eigenvalue weighted by molar-refractivity contribution is 0.317. The number of ether oxygens (including phenoxy) is 1. The molecule has 1 N–H and O–H groups in total. The number of benzene rings is 1. The van der Waals surface area contributed by atoms with Crippen LogP contribution in [0.25, 0.3) is 11.3 Å². The summed E-state index contributed by atoms with van der Waals surface area (Å²) in [6.45, 7) is 5.80. The summed E-state index contributed by atoms with van der Waals surface area (Å²) >= 11 is 0. The molecule has 0 aliphatic heterocycles. The second kappa shape index (κ2) is 6.78. The van der Waals surface area contributed by atoms with Gasteiger partial charge in [0.15, 0.2) is 0 Å². The summed E-state index contributed by atoms with van der Waals surface area (Å²) < 4.78 is 5.58. The molecule has 0 bridgehead atoms. The number of pyridine rings is 1. The van der Waals surface area contributed by atoms with Crippen LogP contribution in [0, 0.1) is 0 Å². The van der Waals surface area contributed by atoms with E-state index >= 15 is 0 Å². The molecule has 0 aliphatic rings. The minimum atomic E-state index is 0.757. The molecular formula is C16H20N2O. The highest BCUT2D eigenvalue weighted by molar-refractivity contribution is 5.62. The third-order valence-electron chi connectivity index (χ3n) is 2.73. The van der Waals surface area contributed by atoms with Crippen LogP contribution in [0.1, 0.15) is 20.3 Å². The number of nitrogens with one attached hydrogen (secondary N) is 1. The van der Waals surface area contributed by atoms with Gasteiger partial charge in [0.05, 0.1) is 12.3 Å². The maximum atomic E-state index is 5.58. The predicted molar refractivity (Wildman–Crippen MR) is 79.6 cm³/mol. The van der Waals surface area contributed by atoms with E-state index in [9.17, 15) is 0 Å². The van der Waals surface area contributed by atoms with Crippen LogP contribution in [0.3, 0.4) is 0 Å². The maximum Gasteiger partial charge on any atom is 0.126 e. The van der Waals surface area contributed by atoms with Crippen molar-refractivity contribution >= 4 is 5.82 Å². The molecule has 2 rings (SSSR count). The van der Waals surface area contributed by atoms with E-state index in [1.807, 2.05) is 42.5 Å². The van der Waals surface area contributed by atoms with Crippen LogP contribution in [0.2, 0.25) is 0 Å². The van der Waals surface area contributed by atoms with E-state index in [1.54, 1.807) is 0 Å². The Morgan fingerprint density at radius 1 is 1.05 bits per heavy atom. The fourth-order valence-corrected chi connectivity index (χ4v) is 1.82. The molecule has 0 unspecified atom stereocenters. The van der Waals surface area contributed by atoms with Crippen LogP contribution in [-0.2, 0) is 0 Å². The minimum absolute atomic E-state index is 0.757. The molecule has 0 atom stereocenters. The second-order valence-electron chi connectivity index (χ2n) is 4.31. The van der Waals surface area contributed by atoms with E-state index in [1.165, 1.54) is 0 Å². The Morgan fingerprint density at radius 2 is 1.84 bits per heavy atom. The summed E-state index contributed by atoms with van der Waals surface area (Å²) in [6.07, 6.45) is 1.02. The van der Waals surface area contributed by atoms with Crippen LogP contribution < -0.4 is 10.1 Å². The summed E-state index contributed by atoms with van der Waals surface area (Å²) in [7, 11) is 0. The van der Waals surface area contributed by atoms with Gasteiger partial charge in [0, 0.05) is 12.1 Å². The Bertz CT molecular complexity index is 508. The van der Waals surface area contributed by atoms with Crippen LogP contribution in [0.15, 0.2) is 42.5 Å². The van der Waals surface area contributed by atoms with Gasteiger partial charge in [-0.2, -0.15) is 0 Å². The van der Waals surface area contributed by atoms with Gasteiger partial charge in [0.25, 0.3) is 0 Å². The zero-order valence-electron chi connectivity index (χ0n) is 11.5. The molecule has 3 heteroatoms. The SMILES string of the molecule is CCCOc1ccc(-c2cccc(NCC)n2)cc1. The first-order valence-corrected chi connectivity index (χ1v) is 6.77. The van der Waals surface area contributed by atoms with E-state index in [0.717, 1.165) is 42.4 Å². The number of aromatic nitrogens is 1. The quantitative estimate of drug-likeness (QED) is 0.849. The van der Waals surface area contributed by atoms with Crippen molar-refractivity contribution in [1.82, 2.24) is 4.98 Å². The Kier molecular flexibility index (Phi) is 4.78. The Balaban J connectivity index is 2.14. The number of nitrogens with zero attached hydrogens (tertiary/aromatic N) is 1. The standard InChI is InChI=1S/C16H20N2O/c1-3-12-19-14-10-8-13(9-11-14)15-6-5-7-16(18-15)17-4-2/h5-11H,3-4,12H2,1-2H3,(H,17,18). The largest absolute Gasteiger partial charge is 0.494 e. The highest BCUT2D eigenvalue weighted by Gasteiger charge is 2.01. The molecular weight excluding hydrogens is 236 g/mol. The number of hydrogen-bond donors (Lipinski definition) is 1. The predicted octanol–water partition coefficient (Wildman–Crippen LogP) is 3.97. The first-order valence-electron chi connectivity index (χ1n) is 6.77. The molecule has 1 aromatic carbocycles. The summed E-state index contributed by atoms with van der Waals surface area (Å²) in [6, 6.07) is 14.1. The molecule has 0 fully saturated rings. The lowest BCUT2D eigenvalue weighted by Gasteiger charge is -2.07. The van der Waals surface area contributed by atoms with Gasteiger partial charge >= 0.3 is 0 Å². The van der Waals surface area contributed by atoms with Crippen molar-refractivity contribution < 1.29 is 4.74 Å². The van der Waals surface area contributed by atoms with Gasteiger partial charge in [-0.25, -0.2) is 4.98 Å². The highest BCUT2D eigenvalue weighted by atomic mass is 16.5. The molecule has 0 aliphatic carbocycles. The van der Waals surface area contributed by atoms with Gasteiger partial charge < -0.3 is 10.1 Å². The summed E-state index contributed by atoms with van der Waals surface area (Å²) in [4.78, 5) is 4.57. The zero-order valence-corrected chi connectivity index (χ0v) is 11.5. The fraction of sp³-hybridized carbons (Fsp3) is 0.312. The van der Waals surface area contributed by atoms with E-state index in [0.29, 0.717) is 0 Å². The topological polar surface area (TPSA) is 34.1 Å². The molecule has 100 valence electrons. The molecule has 0 spiro atoms. The first kappa shape index (κ1) is 13.4. The second-order valence-corrected chi connectivity index (χ2v) is 4.31. The Morgan fingerprint density at radius 3 is 2.53 bits per heavy atom. The van der Waals surface area contributed by atoms with Gasteiger partial charge in [0.1, 0.15) is 11.6 Å². The van der Waals surface area contributed by atoms with Crippen LogP contribution in [0.4, 0.5) is 5.82 Å². The van der Waals surface area contributed by atoms with Gasteiger partial charge in [-0.15, -0.1) is 0 Å². The Labute approximate surface area is 114 Å². The average molecular weight is 256 g/mol. The highest BCUT2D eigenvalue weighted by Crippen LogP contribution is 2.22. The fourth-order valence-electron chi connectivity index (χ4n) is 1.82. The summed E-state index contributed by atoms with van der Waals surface area (Å²) in [5.74, 6) is 1.82. The number of hydrogen-bond acceptors (Lipinski definition) is 3. The third kappa shape index (κ3) is 3.71. The maximum absolute atomic E-state index is 5.58. The molecule has 0 saturated carbocycles. The van der Waals surface area contributed by atoms with Gasteiger partial charge in [0.2, 0.25) is 0 Å². The zero-order chi connectivity index (χ0) is 13.5. The van der Waals surface area contributed by atoms with Crippen molar-refractivity contribution in [2.45, 2.75) is 20.3 Å². The smallest absolute Gasteiger partial charge is 0.126 e. The molecule has 2 aromatic rings. The molecule has 3 nitrogen and oxygen atoms in total. The van der Waals surface area contributed by atoms with Crippen molar-refractivity contribution in [3.63, 3.8) is 0 Å². The van der Waals surface area contributed by atoms with Gasteiger partial charge in [-0.05, 0) is 49.7 Å². The van der Waals surface area contributed by atoms with E-state index in [4.69, 9.17) is 4.74 Å². The van der Waals surface area contributed by atoms with Gasteiger partial charge in [-0.1, -0.05) is 13.0 Å². The van der Waals surface area contributed by atoms with Crippen molar-refractivity contribution in [1.29, 1.82) is 0 Å². The average Bonchev–Trinajstić information content (AvgIpc) is 2.46. The lowest BCUT2D eigenvalue weighted by atomic mass is 10.1. The molecule has 0 amide bonds. The molecule has 19 heavy (non-hydrogen) atoms. The van der Waals surface area contributed by atoms with Crippen LogP contribution in [0.5, 0.6) is 5.75 Å². The molecule has 0 radical (unpaired) electrons. The van der Waals surface area contributed by atoms with Crippen LogP contribution >= 0.6 is 0 Å². The number of anilines is 1. The third-order valence-corrected chi connectivity index (χ3v) is 2.73. The van der Waals surface area contributed by atoms with Crippen molar-refractivity contribution in [2.75, 3.05) is 18.5 Å². The van der Waals surface area contributed by atoms with Crippen molar-refractivity contribution in [3.05, 3.63) is 42.5 Å². The van der Waals surface area contributed by atoms with Crippen LogP contribution in [-0.4, -0.2) is 18.1 Å². The van der Waals surface area contributed by atoms with Crippen molar-refractivity contribution in [3.8, 4) is 17.0 Å². The lowest BCUT2D eigenvalue weighted by Crippen LogP contribution is -1.99. The van der Waals surface area contributed by atoms with Gasteiger partial charge in [-0.3, -0.25) is 0 Å². The number of rotatable bonds is 6. The summed E-state index contributed by atoms with van der Waals surface area (Å²) in [5, 5.41) is 3.22. The van der Waals surface area contributed by atoms with E-state index in [2.05, 4.69) is 24.1 Å². The Hall–Kier alpha value is -2.03. The minimum Gasteiger partial charge on any atom is -0.494 e. The summed E-state index contributed by atoms with van der Waals surface area (Å²) in [5.41, 5.74) is 2.07. The molecule has 0 saturated heterocycles. The van der Waals surface area contributed by atoms with E-state index in [-0.39, 0.29) is 0 Å². The van der Waals surface area contributed by atoms with E-state index < -0.39 is 0 Å².